The second-order valence-corrected chi connectivity index (χ2v) is 8.68. The molecule has 1 saturated heterocycles. The molecule has 2 aliphatic rings. The third-order valence-corrected chi connectivity index (χ3v) is 6.48. The number of carboxylic acids is 1. The van der Waals surface area contributed by atoms with Gasteiger partial charge in [-0.3, -0.25) is 14.9 Å². The Balaban J connectivity index is 1.52. The smallest absolute Gasteiger partial charge is 0.305 e. The first-order valence-electron chi connectivity index (χ1n) is 11.6. The van der Waals surface area contributed by atoms with Gasteiger partial charge >= 0.3 is 5.97 Å². The Morgan fingerprint density at radius 3 is 2.36 bits per heavy atom. The van der Waals surface area contributed by atoms with Crippen molar-refractivity contribution >= 4 is 34.7 Å². The normalized spacial score (nSPS) is 17.4. The van der Waals surface area contributed by atoms with Crippen molar-refractivity contribution < 1.29 is 19.2 Å². The molecule has 1 atom stereocenters. The fourth-order valence-electron chi connectivity index (χ4n) is 4.77. The van der Waals surface area contributed by atoms with Gasteiger partial charge in [-0.2, -0.15) is 0 Å². The maximum absolute atomic E-state index is 13.4. The summed E-state index contributed by atoms with van der Waals surface area (Å²) in [6.07, 6.45) is -0.200. The number of piperazine rings is 1. The Bertz CT molecular complexity index is 1320. The number of carboxylic acid groups (broad SMARTS) is 1. The first kappa shape index (κ1) is 23.3. The lowest BCUT2D eigenvalue weighted by atomic mass is 9.97. The molecule has 2 heterocycles. The third-order valence-electron chi connectivity index (χ3n) is 6.48. The molecule has 1 unspecified atom stereocenters. The Labute approximate surface area is 206 Å². The molecule has 0 amide bonds. The highest BCUT2D eigenvalue weighted by Gasteiger charge is 2.36. The van der Waals surface area contributed by atoms with E-state index < -0.39 is 16.9 Å². The lowest BCUT2D eigenvalue weighted by molar-refractivity contribution is -0.384. The topological polar surface area (TPSA) is 103 Å². The number of nitro benzene ring substituents is 1. The maximum Gasteiger partial charge on any atom is 0.305 e. The number of aliphatic imine (C=N–C) groups is 1. The number of non-ortho nitro benzene ring substituents is 1. The van der Waals surface area contributed by atoms with E-state index in [0.717, 1.165) is 11.3 Å². The molecular weight excluding hydrogens is 465 g/mol. The number of rotatable bonds is 5. The minimum absolute atomic E-state index is 0.0825. The van der Waals surface area contributed by atoms with Crippen LogP contribution in [0, 0.1) is 15.9 Å². The molecule has 0 radical (unpaired) electrons. The molecule has 10 heteroatoms. The molecule has 9 nitrogen and oxygen atoms in total. The SMILES string of the molecule is O=C(O)CC1c2ccccc2N=C(N2CCN(c3ccc(F)cc3)CC2)N1c1cccc([N+](=O)[O-])c1. The zero-order valence-corrected chi connectivity index (χ0v) is 19.3. The Morgan fingerprint density at radius 2 is 1.67 bits per heavy atom. The van der Waals surface area contributed by atoms with Crippen LogP contribution in [0.15, 0.2) is 77.8 Å². The zero-order chi connectivity index (χ0) is 25.2. The van der Waals surface area contributed by atoms with Crippen molar-refractivity contribution in [2.75, 3.05) is 36.0 Å². The van der Waals surface area contributed by atoms with Crippen molar-refractivity contribution in [2.24, 2.45) is 4.99 Å². The summed E-state index contributed by atoms with van der Waals surface area (Å²) in [6.45, 7) is 2.48. The standard InChI is InChI=1S/C26H24FN5O4/c27-18-8-10-19(11-9-18)29-12-14-30(15-13-29)26-28-23-7-2-1-6-22(23)24(17-25(33)34)31(26)20-4-3-5-21(16-20)32(35)36/h1-11,16,24H,12-15,17H2,(H,33,34). The van der Waals surface area contributed by atoms with Crippen LogP contribution in [-0.2, 0) is 4.79 Å². The Hall–Kier alpha value is -4.47. The number of anilines is 2. The maximum atomic E-state index is 13.4. The fraction of sp³-hybridized carbons (Fsp3) is 0.231. The molecule has 0 saturated carbocycles. The van der Waals surface area contributed by atoms with E-state index >= 15 is 0 Å². The van der Waals surface area contributed by atoms with E-state index in [1.165, 1.54) is 24.3 Å². The van der Waals surface area contributed by atoms with E-state index in [-0.39, 0.29) is 17.9 Å². The number of nitro groups is 1. The van der Waals surface area contributed by atoms with Crippen LogP contribution in [-0.4, -0.2) is 53.0 Å². The van der Waals surface area contributed by atoms with Crippen LogP contribution < -0.4 is 9.80 Å². The highest BCUT2D eigenvalue weighted by Crippen LogP contribution is 2.41. The van der Waals surface area contributed by atoms with Crippen molar-refractivity contribution in [3.63, 3.8) is 0 Å². The van der Waals surface area contributed by atoms with Crippen LogP contribution in [0.2, 0.25) is 0 Å². The summed E-state index contributed by atoms with van der Waals surface area (Å²) in [4.78, 5) is 33.9. The summed E-state index contributed by atoms with van der Waals surface area (Å²) < 4.78 is 13.4. The van der Waals surface area contributed by atoms with Gasteiger partial charge in [0.1, 0.15) is 5.82 Å². The predicted molar refractivity (Wildman–Crippen MR) is 134 cm³/mol. The molecule has 1 fully saturated rings. The second-order valence-electron chi connectivity index (χ2n) is 8.68. The molecule has 36 heavy (non-hydrogen) atoms. The van der Waals surface area contributed by atoms with E-state index in [4.69, 9.17) is 4.99 Å². The van der Waals surface area contributed by atoms with Gasteiger partial charge in [-0.25, -0.2) is 9.38 Å². The number of hydrogen-bond acceptors (Lipinski definition) is 7. The van der Waals surface area contributed by atoms with Crippen LogP contribution in [0.3, 0.4) is 0 Å². The van der Waals surface area contributed by atoms with Crippen molar-refractivity contribution in [3.8, 4) is 0 Å². The quantitative estimate of drug-likeness (QED) is 0.413. The number of hydrogen-bond donors (Lipinski definition) is 1. The molecule has 2 aliphatic heterocycles. The Morgan fingerprint density at radius 1 is 0.972 bits per heavy atom. The minimum atomic E-state index is -0.979. The number of carbonyl (C=O) groups is 1. The average Bonchev–Trinajstić information content (AvgIpc) is 2.89. The molecule has 3 aromatic carbocycles. The number of fused-ring (bicyclic) bond motifs is 1. The van der Waals surface area contributed by atoms with E-state index in [1.807, 2.05) is 24.3 Å². The number of guanidine groups is 1. The van der Waals surface area contributed by atoms with Gasteiger partial charge < -0.3 is 19.8 Å². The van der Waals surface area contributed by atoms with E-state index in [0.29, 0.717) is 43.5 Å². The predicted octanol–water partition coefficient (Wildman–Crippen LogP) is 4.58. The summed E-state index contributed by atoms with van der Waals surface area (Å²) in [5, 5.41) is 21.2. The molecule has 0 spiro atoms. The lowest BCUT2D eigenvalue weighted by Gasteiger charge is -2.45. The molecule has 5 rings (SSSR count). The van der Waals surface area contributed by atoms with Gasteiger partial charge in [-0.15, -0.1) is 0 Å². The van der Waals surface area contributed by atoms with E-state index in [2.05, 4.69) is 9.80 Å². The van der Waals surface area contributed by atoms with Gasteiger partial charge in [-0.1, -0.05) is 24.3 Å². The molecular formula is C26H24FN5O4. The molecule has 0 bridgehead atoms. The van der Waals surface area contributed by atoms with Gasteiger partial charge in [0.15, 0.2) is 0 Å². The van der Waals surface area contributed by atoms with Gasteiger partial charge in [0, 0.05) is 49.6 Å². The molecule has 1 N–H and O–H groups in total. The summed E-state index contributed by atoms with van der Waals surface area (Å²) in [5.41, 5.74) is 2.78. The largest absolute Gasteiger partial charge is 0.481 e. The summed E-state index contributed by atoms with van der Waals surface area (Å²) >= 11 is 0. The zero-order valence-electron chi connectivity index (χ0n) is 19.3. The molecule has 0 aromatic heterocycles. The van der Waals surface area contributed by atoms with Crippen molar-refractivity contribution in [1.82, 2.24) is 4.90 Å². The van der Waals surface area contributed by atoms with Crippen LogP contribution in [0.1, 0.15) is 18.0 Å². The molecule has 0 aliphatic carbocycles. The molecule has 184 valence electrons. The van der Waals surface area contributed by atoms with Crippen molar-refractivity contribution in [1.29, 1.82) is 0 Å². The van der Waals surface area contributed by atoms with Crippen molar-refractivity contribution in [3.05, 3.63) is 94.3 Å². The Kier molecular flexibility index (Phi) is 6.24. The van der Waals surface area contributed by atoms with Crippen molar-refractivity contribution in [2.45, 2.75) is 12.5 Å². The summed E-state index contributed by atoms with van der Waals surface area (Å²) in [7, 11) is 0. The summed E-state index contributed by atoms with van der Waals surface area (Å²) in [6, 6.07) is 19.3. The minimum Gasteiger partial charge on any atom is -0.481 e. The monoisotopic (exact) mass is 489 g/mol. The van der Waals surface area contributed by atoms with E-state index in [9.17, 15) is 24.4 Å². The number of nitrogens with zero attached hydrogens (tertiary/aromatic N) is 5. The van der Waals surface area contributed by atoms with Gasteiger partial charge in [0.25, 0.3) is 5.69 Å². The highest BCUT2D eigenvalue weighted by molar-refractivity contribution is 6.01. The first-order chi connectivity index (χ1) is 17.4. The number of benzene rings is 3. The van der Waals surface area contributed by atoms with Crippen LogP contribution in [0.5, 0.6) is 0 Å². The number of para-hydroxylation sites is 1. The number of aliphatic carboxylic acids is 1. The van der Waals surface area contributed by atoms with Gasteiger partial charge in [-0.05, 0) is 36.4 Å². The average molecular weight is 490 g/mol. The second kappa shape index (κ2) is 9.65. The van der Waals surface area contributed by atoms with Gasteiger partial charge in [0.05, 0.1) is 28.8 Å². The van der Waals surface area contributed by atoms with E-state index in [1.54, 1.807) is 29.2 Å². The van der Waals surface area contributed by atoms with Crippen LogP contribution in [0.4, 0.5) is 27.1 Å². The highest BCUT2D eigenvalue weighted by atomic mass is 19.1. The fourth-order valence-corrected chi connectivity index (χ4v) is 4.77. The first-order valence-corrected chi connectivity index (χ1v) is 11.6. The van der Waals surface area contributed by atoms with Crippen LogP contribution >= 0.6 is 0 Å². The lowest BCUT2D eigenvalue weighted by Crippen LogP contribution is -2.55. The number of halogens is 1. The van der Waals surface area contributed by atoms with Gasteiger partial charge in [0.2, 0.25) is 5.96 Å². The summed E-state index contributed by atoms with van der Waals surface area (Å²) in [5.74, 6) is -0.712. The molecule has 3 aromatic rings. The van der Waals surface area contributed by atoms with Crippen LogP contribution in [0.25, 0.3) is 0 Å². The third kappa shape index (κ3) is 4.57.